The molecule has 0 saturated carbocycles. The van der Waals surface area contributed by atoms with Crippen LogP contribution in [0.25, 0.3) is 0 Å². The maximum absolute atomic E-state index is 5.53. The summed E-state index contributed by atoms with van der Waals surface area (Å²) in [6.07, 6.45) is 2.23. The van der Waals surface area contributed by atoms with Crippen molar-refractivity contribution in [1.82, 2.24) is 20.1 Å². The van der Waals surface area contributed by atoms with E-state index in [0.29, 0.717) is 6.61 Å². The SMILES string of the molecule is CCOc1cccc(CNC(C)c2nnc3n2CCC3)c1. The highest BCUT2D eigenvalue weighted by Crippen LogP contribution is 2.20. The molecular formula is C16H22N4O. The summed E-state index contributed by atoms with van der Waals surface area (Å²) in [6, 6.07) is 8.40. The zero-order chi connectivity index (χ0) is 14.7. The van der Waals surface area contributed by atoms with Crippen LogP contribution in [0.3, 0.4) is 0 Å². The van der Waals surface area contributed by atoms with Gasteiger partial charge in [-0.05, 0) is 38.0 Å². The fraction of sp³-hybridized carbons (Fsp3) is 0.500. The zero-order valence-corrected chi connectivity index (χ0v) is 12.7. The summed E-state index contributed by atoms with van der Waals surface area (Å²) < 4.78 is 7.78. The molecule has 1 aliphatic rings. The second-order valence-electron chi connectivity index (χ2n) is 5.41. The molecule has 1 aromatic heterocycles. The number of fused-ring (bicyclic) bond motifs is 1. The van der Waals surface area contributed by atoms with Crippen LogP contribution in [0.15, 0.2) is 24.3 Å². The van der Waals surface area contributed by atoms with Crippen molar-refractivity contribution in [1.29, 1.82) is 0 Å². The maximum Gasteiger partial charge on any atom is 0.149 e. The van der Waals surface area contributed by atoms with Crippen LogP contribution >= 0.6 is 0 Å². The third-order valence-electron chi connectivity index (χ3n) is 3.85. The van der Waals surface area contributed by atoms with Gasteiger partial charge in [-0.25, -0.2) is 0 Å². The van der Waals surface area contributed by atoms with Gasteiger partial charge >= 0.3 is 0 Å². The van der Waals surface area contributed by atoms with E-state index in [0.717, 1.165) is 36.9 Å². The lowest BCUT2D eigenvalue weighted by Gasteiger charge is -2.14. The summed E-state index contributed by atoms with van der Waals surface area (Å²) in [5.74, 6) is 3.09. The second kappa shape index (κ2) is 6.26. The number of aromatic nitrogens is 3. The van der Waals surface area contributed by atoms with Gasteiger partial charge in [0.2, 0.25) is 0 Å². The Morgan fingerprint density at radius 2 is 2.29 bits per heavy atom. The van der Waals surface area contributed by atoms with E-state index >= 15 is 0 Å². The molecule has 112 valence electrons. The number of benzene rings is 1. The normalized spacial score (nSPS) is 15.0. The molecule has 2 aromatic rings. The van der Waals surface area contributed by atoms with Crippen molar-refractivity contribution in [2.45, 2.75) is 45.8 Å². The van der Waals surface area contributed by atoms with Crippen LogP contribution in [-0.2, 0) is 19.5 Å². The van der Waals surface area contributed by atoms with Gasteiger partial charge in [0.1, 0.15) is 17.4 Å². The highest BCUT2D eigenvalue weighted by Gasteiger charge is 2.20. The highest BCUT2D eigenvalue weighted by atomic mass is 16.5. The first kappa shape index (κ1) is 14.1. The lowest BCUT2D eigenvalue weighted by molar-refractivity contribution is 0.339. The Morgan fingerprint density at radius 3 is 3.14 bits per heavy atom. The van der Waals surface area contributed by atoms with Gasteiger partial charge in [0, 0.05) is 19.5 Å². The lowest BCUT2D eigenvalue weighted by atomic mass is 10.2. The largest absolute Gasteiger partial charge is 0.494 e. The molecule has 5 heteroatoms. The molecule has 0 amide bonds. The quantitative estimate of drug-likeness (QED) is 0.886. The molecule has 0 fully saturated rings. The van der Waals surface area contributed by atoms with Crippen LogP contribution < -0.4 is 10.1 Å². The number of nitrogens with zero attached hydrogens (tertiary/aromatic N) is 3. The minimum absolute atomic E-state index is 0.195. The van der Waals surface area contributed by atoms with E-state index in [-0.39, 0.29) is 6.04 Å². The Bertz CT molecular complexity index is 608. The van der Waals surface area contributed by atoms with Crippen molar-refractivity contribution in [2.24, 2.45) is 0 Å². The van der Waals surface area contributed by atoms with Crippen LogP contribution in [0.2, 0.25) is 0 Å². The van der Waals surface area contributed by atoms with E-state index in [1.54, 1.807) is 0 Å². The van der Waals surface area contributed by atoms with Gasteiger partial charge in [-0.3, -0.25) is 0 Å². The van der Waals surface area contributed by atoms with E-state index in [1.165, 1.54) is 12.0 Å². The predicted octanol–water partition coefficient (Wildman–Crippen LogP) is 2.47. The van der Waals surface area contributed by atoms with E-state index in [4.69, 9.17) is 4.74 Å². The van der Waals surface area contributed by atoms with Gasteiger partial charge in [-0.1, -0.05) is 12.1 Å². The van der Waals surface area contributed by atoms with E-state index in [9.17, 15) is 0 Å². The number of nitrogens with one attached hydrogen (secondary N) is 1. The van der Waals surface area contributed by atoms with Gasteiger partial charge in [0.15, 0.2) is 0 Å². The van der Waals surface area contributed by atoms with Crippen molar-refractivity contribution in [3.63, 3.8) is 0 Å². The minimum Gasteiger partial charge on any atom is -0.494 e. The van der Waals surface area contributed by atoms with E-state index in [1.807, 2.05) is 19.1 Å². The number of aryl methyl sites for hydroxylation is 1. The fourth-order valence-electron chi connectivity index (χ4n) is 2.77. The summed E-state index contributed by atoms with van der Waals surface area (Å²) in [5.41, 5.74) is 1.22. The van der Waals surface area contributed by atoms with Crippen molar-refractivity contribution < 1.29 is 4.74 Å². The molecule has 2 heterocycles. The molecule has 21 heavy (non-hydrogen) atoms. The molecule has 0 saturated heterocycles. The molecule has 0 aliphatic carbocycles. The highest BCUT2D eigenvalue weighted by molar-refractivity contribution is 5.28. The zero-order valence-electron chi connectivity index (χ0n) is 12.7. The molecule has 0 bridgehead atoms. The average Bonchev–Trinajstić information content (AvgIpc) is 3.08. The molecule has 0 radical (unpaired) electrons. The number of hydrogen-bond donors (Lipinski definition) is 1. The Balaban J connectivity index is 1.63. The standard InChI is InChI=1S/C16H22N4O/c1-3-21-14-7-4-6-13(10-14)11-17-12(2)16-19-18-15-8-5-9-20(15)16/h4,6-7,10,12,17H,3,5,8-9,11H2,1-2H3. The number of rotatable bonds is 6. The van der Waals surface area contributed by atoms with Gasteiger partial charge in [0.05, 0.1) is 12.6 Å². The summed E-state index contributed by atoms with van der Waals surface area (Å²) in [5, 5.41) is 12.1. The minimum atomic E-state index is 0.195. The van der Waals surface area contributed by atoms with Crippen LogP contribution in [0.1, 0.15) is 43.5 Å². The Hall–Kier alpha value is -1.88. The molecule has 5 nitrogen and oxygen atoms in total. The summed E-state index contributed by atoms with van der Waals surface area (Å²) in [4.78, 5) is 0. The Morgan fingerprint density at radius 1 is 1.38 bits per heavy atom. The first-order chi connectivity index (χ1) is 10.3. The third kappa shape index (κ3) is 3.08. The molecule has 0 spiro atoms. The van der Waals surface area contributed by atoms with Crippen LogP contribution in [0.5, 0.6) is 5.75 Å². The molecular weight excluding hydrogens is 264 g/mol. The van der Waals surface area contributed by atoms with Crippen molar-refractivity contribution in [3.8, 4) is 5.75 Å². The molecule has 1 aromatic carbocycles. The maximum atomic E-state index is 5.53. The summed E-state index contributed by atoms with van der Waals surface area (Å²) in [6.45, 7) is 6.67. The molecule has 1 atom stereocenters. The average molecular weight is 286 g/mol. The van der Waals surface area contributed by atoms with Crippen LogP contribution in [-0.4, -0.2) is 21.4 Å². The first-order valence-electron chi connectivity index (χ1n) is 7.65. The van der Waals surface area contributed by atoms with Crippen molar-refractivity contribution >= 4 is 0 Å². The second-order valence-corrected chi connectivity index (χ2v) is 5.41. The smallest absolute Gasteiger partial charge is 0.149 e. The van der Waals surface area contributed by atoms with Gasteiger partial charge in [0.25, 0.3) is 0 Å². The Labute approximate surface area is 125 Å². The van der Waals surface area contributed by atoms with E-state index in [2.05, 4.69) is 39.1 Å². The molecule has 3 rings (SSSR count). The van der Waals surface area contributed by atoms with E-state index < -0.39 is 0 Å². The molecule has 1 unspecified atom stereocenters. The molecule has 1 aliphatic heterocycles. The topological polar surface area (TPSA) is 52.0 Å². The monoisotopic (exact) mass is 286 g/mol. The van der Waals surface area contributed by atoms with Gasteiger partial charge < -0.3 is 14.6 Å². The third-order valence-corrected chi connectivity index (χ3v) is 3.85. The lowest BCUT2D eigenvalue weighted by Crippen LogP contribution is -2.21. The number of ether oxygens (including phenoxy) is 1. The first-order valence-corrected chi connectivity index (χ1v) is 7.65. The summed E-state index contributed by atoms with van der Waals surface area (Å²) >= 11 is 0. The van der Waals surface area contributed by atoms with Crippen molar-refractivity contribution in [2.75, 3.05) is 6.61 Å². The predicted molar refractivity (Wildman–Crippen MR) is 81.2 cm³/mol. The van der Waals surface area contributed by atoms with Crippen LogP contribution in [0.4, 0.5) is 0 Å². The Kier molecular flexibility index (Phi) is 4.20. The fourth-order valence-corrected chi connectivity index (χ4v) is 2.77. The van der Waals surface area contributed by atoms with Crippen LogP contribution in [0, 0.1) is 0 Å². The van der Waals surface area contributed by atoms with Gasteiger partial charge in [-0.2, -0.15) is 0 Å². The van der Waals surface area contributed by atoms with Gasteiger partial charge in [-0.15, -0.1) is 10.2 Å². The van der Waals surface area contributed by atoms with Crippen molar-refractivity contribution in [3.05, 3.63) is 41.5 Å². The number of hydrogen-bond acceptors (Lipinski definition) is 4. The molecule has 1 N–H and O–H groups in total. The summed E-state index contributed by atoms with van der Waals surface area (Å²) in [7, 11) is 0.